The maximum Gasteiger partial charge on any atom is 0.323 e. The molecule has 2 aromatic carbocycles. The predicted molar refractivity (Wildman–Crippen MR) is 110 cm³/mol. The fraction of sp³-hybridized carbons (Fsp3) is 0.227. The first-order valence-corrected chi connectivity index (χ1v) is 9.28. The zero-order chi connectivity index (χ0) is 20.1. The number of carbonyl (C=O) groups excluding carboxylic acids is 1. The van der Waals surface area contributed by atoms with Crippen molar-refractivity contribution in [2.24, 2.45) is 4.99 Å². The summed E-state index contributed by atoms with van der Waals surface area (Å²) >= 11 is 0. The fourth-order valence-electron chi connectivity index (χ4n) is 3.17. The van der Waals surface area contributed by atoms with E-state index >= 15 is 0 Å². The van der Waals surface area contributed by atoms with Gasteiger partial charge in [-0.1, -0.05) is 42.5 Å². The Balaban J connectivity index is 1.93. The summed E-state index contributed by atoms with van der Waals surface area (Å²) in [6.45, 7) is 5.63. The molecule has 0 unspecified atom stereocenters. The minimum Gasteiger partial charge on any atom is -0.480 e. The number of hydrogen-bond acceptors (Lipinski definition) is 4. The second-order valence-corrected chi connectivity index (χ2v) is 6.38. The van der Waals surface area contributed by atoms with Gasteiger partial charge in [0, 0.05) is 24.3 Å². The number of nitrogens with zero attached hydrogens (tertiary/aromatic N) is 3. The third-order valence-electron chi connectivity index (χ3n) is 4.60. The predicted octanol–water partition coefficient (Wildman–Crippen LogP) is 3.25. The monoisotopic (exact) mass is 377 g/mol. The molecule has 6 nitrogen and oxygen atoms in total. The van der Waals surface area contributed by atoms with Crippen LogP contribution in [0.5, 0.6) is 0 Å². The van der Waals surface area contributed by atoms with Gasteiger partial charge in [0.25, 0.3) is 5.91 Å². The van der Waals surface area contributed by atoms with Crippen molar-refractivity contribution < 1.29 is 14.7 Å². The van der Waals surface area contributed by atoms with Crippen molar-refractivity contribution in [2.75, 3.05) is 24.5 Å². The summed E-state index contributed by atoms with van der Waals surface area (Å²) in [7, 11) is 0. The van der Waals surface area contributed by atoms with Crippen LogP contribution in [0.4, 0.5) is 5.69 Å². The van der Waals surface area contributed by atoms with Gasteiger partial charge in [0.1, 0.15) is 18.1 Å². The van der Waals surface area contributed by atoms with E-state index in [0.717, 1.165) is 24.3 Å². The molecule has 1 aliphatic heterocycles. The molecule has 1 heterocycles. The van der Waals surface area contributed by atoms with Crippen LogP contribution >= 0.6 is 0 Å². The second kappa shape index (κ2) is 8.52. The van der Waals surface area contributed by atoms with Crippen LogP contribution in [0.3, 0.4) is 0 Å². The van der Waals surface area contributed by atoms with E-state index in [1.165, 1.54) is 4.90 Å². The van der Waals surface area contributed by atoms with E-state index in [0.29, 0.717) is 11.4 Å². The molecule has 28 heavy (non-hydrogen) atoms. The molecule has 0 aliphatic carbocycles. The first kappa shape index (κ1) is 19.4. The van der Waals surface area contributed by atoms with Crippen LogP contribution in [0.2, 0.25) is 0 Å². The van der Waals surface area contributed by atoms with Gasteiger partial charge in [0.2, 0.25) is 0 Å². The molecule has 0 spiro atoms. The van der Waals surface area contributed by atoms with Crippen molar-refractivity contribution in [2.45, 2.75) is 13.8 Å². The lowest BCUT2D eigenvalue weighted by atomic mass is 10.1. The van der Waals surface area contributed by atoms with Crippen molar-refractivity contribution in [1.82, 2.24) is 4.90 Å². The van der Waals surface area contributed by atoms with E-state index in [1.54, 1.807) is 6.08 Å². The Bertz CT molecular complexity index is 914. The summed E-state index contributed by atoms with van der Waals surface area (Å²) in [5, 5.41) is 9.19. The highest BCUT2D eigenvalue weighted by atomic mass is 16.4. The Hall–Kier alpha value is -3.41. The van der Waals surface area contributed by atoms with Crippen molar-refractivity contribution in [3.8, 4) is 0 Å². The molecule has 0 saturated heterocycles. The van der Waals surface area contributed by atoms with E-state index in [1.807, 2.05) is 54.6 Å². The Morgan fingerprint density at radius 2 is 1.71 bits per heavy atom. The van der Waals surface area contributed by atoms with Gasteiger partial charge >= 0.3 is 5.97 Å². The smallest absolute Gasteiger partial charge is 0.323 e. The molecular weight excluding hydrogens is 354 g/mol. The molecular formula is C22H23N3O3. The SMILES string of the molecule is CCN(CC)c1ccc(/C=C2\N=C(c3ccccc3)N(CC(=O)O)C2=O)cc1. The van der Waals surface area contributed by atoms with Crippen molar-refractivity contribution in [3.05, 3.63) is 71.4 Å². The highest BCUT2D eigenvalue weighted by Gasteiger charge is 2.32. The zero-order valence-corrected chi connectivity index (χ0v) is 16.0. The second-order valence-electron chi connectivity index (χ2n) is 6.38. The van der Waals surface area contributed by atoms with Crippen LogP contribution in [0.15, 0.2) is 65.3 Å². The van der Waals surface area contributed by atoms with Gasteiger partial charge in [0.05, 0.1) is 0 Å². The lowest BCUT2D eigenvalue weighted by molar-refractivity contribution is -0.140. The van der Waals surface area contributed by atoms with Crippen LogP contribution in [0, 0.1) is 0 Å². The summed E-state index contributed by atoms with van der Waals surface area (Å²) in [5.41, 5.74) is 2.89. The number of benzene rings is 2. The van der Waals surface area contributed by atoms with E-state index < -0.39 is 18.4 Å². The quantitative estimate of drug-likeness (QED) is 0.752. The maximum atomic E-state index is 12.8. The van der Waals surface area contributed by atoms with Gasteiger partial charge in [-0.05, 0) is 37.6 Å². The number of amides is 1. The lowest BCUT2D eigenvalue weighted by Crippen LogP contribution is -2.37. The molecule has 0 radical (unpaired) electrons. The van der Waals surface area contributed by atoms with Crippen LogP contribution in [0.1, 0.15) is 25.0 Å². The van der Waals surface area contributed by atoms with E-state index in [-0.39, 0.29) is 5.70 Å². The molecule has 1 aliphatic rings. The number of carboxylic acid groups (broad SMARTS) is 1. The first-order valence-electron chi connectivity index (χ1n) is 9.28. The molecule has 0 bridgehead atoms. The Morgan fingerprint density at radius 3 is 2.29 bits per heavy atom. The van der Waals surface area contributed by atoms with Crippen LogP contribution in [-0.4, -0.2) is 47.4 Å². The number of aliphatic carboxylic acids is 1. The van der Waals surface area contributed by atoms with Crippen molar-refractivity contribution >= 4 is 29.5 Å². The summed E-state index contributed by atoms with van der Waals surface area (Å²) in [5.74, 6) is -1.13. The number of anilines is 1. The molecule has 2 aromatic rings. The standard InChI is InChI=1S/C22H23N3O3/c1-3-24(4-2)18-12-10-16(11-13-18)14-19-22(28)25(15-20(26)27)21(23-19)17-8-6-5-7-9-17/h5-14H,3-4,15H2,1-2H3,(H,26,27)/b19-14-. The fourth-order valence-corrected chi connectivity index (χ4v) is 3.17. The highest BCUT2D eigenvalue weighted by molar-refractivity contribution is 6.20. The largest absolute Gasteiger partial charge is 0.480 e. The average Bonchev–Trinajstić information content (AvgIpc) is 3.00. The summed E-state index contributed by atoms with van der Waals surface area (Å²) < 4.78 is 0. The lowest BCUT2D eigenvalue weighted by Gasteiger charge is -2.20. The van der Waals surface area contributed by atoms with E-state index in [4.69, 9.17) is 0 Å². The van der Waals surface area contributed by atoms with Gasteiger partial charge < -0.3 is 10.0 Å². The summed E-state index contributed by atoms with van der Waals surface area (Å²) in [6.07, 6.45) is 1.69. The average molecular weight is 377 g/mol. The zero-order valence-electron chi connectivity index (χ0n) is 16.0. The molecule has 3 rings (SSSR count). The maximum absolute atomic E-state index is 12.8. The molecule has 144 valence electrons. The normalized spacial score (nSPS) is 15.1. The van der Waals surface area contributed by atoms with Gasteiger partial charge in [0.15, 0.2) is 0 Å². The molecule has 0 fully saturated rings. The number of aliphatic imine (C=N–C) groups is 1. The summed E-state index contributed by atoms with van der Waals surface area (Å²) in [6, 6.07) is 17.0. The Morgan fingerprint density at radius 1 is 1.07 bits per heavy atom. The van der Waals surface area contributed by atoms with E-state index in [2.05, 4.69) is 23.7 Å². The third kappa shape index (κ3) is 4.11. The minimum atomic E-state index is -1.08. The highest BCUT2D eigenvalue weighted by Crippen LogP contribution is 2.23. The Labute approximate surface area is 164 Å². The first-order chi connectivity index (χ1) is 13.5. The van der Waals surface area contributed by atoms with Crippen LogP contribution < -0.4 is 4.90 Å². The molecule has 0 atom stereocenters. The molecule has 1 N–H and O–H groups in total. The topological polar surface area (TPSA) is 73.2 Å². The molecule has 0 saturated carbocycles. The van der Waals surface area contributed by atoms with Gasteiger partial charge in [-0.25, -0.2) is 4.99 Å². The number of carboxylic acids is 1. The number of hydrogen-bond donors (Lipinski definition) is 1. The van der Waals surface area contributed by atoms with Gasteiger partial charge in [-0.15, -0.1) is 0 Å². The summed E-state index contributed by atoms with van der Waals surface area (Å²) in [4.78, 5) is 31.9. The molecule has 0 aromatic heterocycles. The number of amidine groups is 1. The Kier molecular flexibility index (Phi) is 5.89. The third-order valence-corrected chi connectivity index (χ3v) is 4.60. The van der Waals surface area contributed by atoms with Crippen LogP contribution in [0.25, 0.3) is 6.08 Å². The number of rotatable bonds is 7. The minimum absolute atomic E-state index is 0.232. The van der Waals surface area contributed by atoms with E-state index in [9.17, 15) is 14.7 Å². The van der Waals surface area contributed by atoms with Crippen LogP contribution in [-0.2, 0) is 9.59 Å². The van der Waals surface area contributed by atoms with Crippen molar-refractivity contribution in [1.29, 1.82) is 0 Å². The van der Waals surface area contributed by atoms with Gasteiger partial charge in [-0.3, -0.25) is 14.5 Å². The molecule has 1 amide bonds. The van der Waals surface area contributed by atoms with Crippen molar-refractivity contribution in [3.63, 3.8) is 0 Å². The molecule has 6 heteroatoms. The van der Waals surface area contributed by atoms with Gasteiger partial charge in [-0.2, -0.15) is 0 Å². The number of carbonyl (C=O) groups is 2.